The van der Waals surface area contributed by atoms with Gasteiger partial charge in [-0.25, -0.2) is 9.18 Å². The molecule has 1 aromatic carbocycles. The van der Waals surface area contributed by atoms with Gasteiger partial charge in [0.1, 0.15) is 5.82 Å². The van der Waals surface area contributed by atoms with Gasteiger partial charge in [0.25, 0.3) is 0 Å². The Morgan fingerprint density at radius 2 is 1.72 bits per heavy atom. The summed E-state index contributed by atoms with van der Waals surface area (Å²) in [7, 11) is 0. The molecule has 140 valence electrons. The molecule has 0 radical (unpaired) electrons. The first kappa shape index (κ1) is 21.2. The van der Waals surface area contributed by atoms with Gasteiger partial charge in [-0.1, -0.05) is 18.5 Å². The largest absolute Gasteiger partial charge is 0.326 e. The van der Waals surface area contributed by atoms with Gasteiger partial charge in [0.15, 0.2) is 0 Å². The fourth-order valence-corrected chi connectivity index (χ4v) is 2.64. The van der Waals surface area contributed by atoms with Gasteiger partial charge in [-0.05, 0) is 45.4 Å². The van der Waals surface area contributed by atoms with Crippen LogP contribution in [0.3, 0.4) is 0 Å². The summed E-state index contributed by atoms with van der Waals surface area (Å²) in [5, 5.41) is 2.70. The summed E-state index contributed by atoms with van der Waals surface area (Å²) in [5.74, 6) is -1.20. The van der Waals surface area contributed by atoms with Crippen molar-refractivity contribution in [1.29, 1.82) is 0 Å². The molecular formula is C18H27ClFN3O2. The number of urea groups is 1. The maximum Gasteiger partial charge on any atom is 0.319 e. The van der Waals surface area contributed by atoms with Crippen molar-refractivity contribution in [3.63, 3.8) is 0 Å². The lowest BCUT2D eigenvalue weighted by atomic mass is 10.0. The lowest BCUT2D eigenvalue weighted by molar-refractivity contribution is -0.120. The minimum atomic E-state index is -0.584. The average molecular weight is 372 g/mol. The zero-order valence-corrected chi connectivity index (χ0v) is 16.1. The van der Waals surface area contributed by atoms with Crippen molar-refractivity contribution in [1.82, 2.24) is 9.80 Å². The quantitative estimate of drug-likeness (QED) is 0.743. The number of anilines is 1. The highest BCUT2D eigenvalue weighted by Gasteiger charge is 2.24. The highest BCUT2D eigenvalue weighted by atomic mass is 35.5. The van der Waals surface area contributed by atoms with Gasteiger partial charge >= 0.3 is 6.03 Å². The third-order valence-corrected chi connectivity index (χ3v) is 4.48. The van der Waals surface area contributed by atoms with Crippen LogP contribution in [0.15, 0.2) is 18.2 Å². The highest BCUT2D eigenvalue weighted by molar-refractivity contribution is 6.30. The molecule has 0 unspecified atom stereocenters. The predicted octanol–water partition coefficient (Wildman–Crippen LogP) is 4.23. The minimum Gasteiger partial charge on any atom is -0.326 e. The Morgan fingerprint density at radius 3 is 2.20 bits per heavy atom. The summed E-state index contributed by atoms with van der Waals surface area (Å²) < 4.78 is 13.5. The number of carbonyl (C=O) groups is 2. The molecule has 5 nitrogen and oxygen atoms in total. The lowest BCUT2D eigenvalue weighted by Gasteiger charge is -2.30. The SMILES string of the molecule is CC[C@@H](CN(CC)C(=O)N(CC)CC)C(=O)Nc1ccc(Cl)c(F)c1. The molecule has 0 spiro atoms. The summed E-state index contributed by atoms with van der Waals surface area (Å²) in [6.07, 6.45) is 0.573. The molecular weight excluding hydrogens is 345 g/mol. The van der Waals surface area contributed by atoms with Gasteiger partial charge in [-0.15, -0.1) is 0 Å². The van der Waals surface area contributed by atoms with Gasteiger partial charge in [0.05, 0.1) is 10.9 Å². The number of amides is 3. The summed E-state index contributed by atoms with van der Waals surface area (Å²) in [6.45, 7) is 9.72. The predicted molar refractivity (Wildman–Crippen MR) is 99.4 cm³/mol. The zero-order valence-electron chi connectivity index (χ0n) is 15.3. The molecule has 0 aliphatic rings. The van der Waals surface area contributed by atoms with Crippen LogP contribution >= 0.6 is 11.6 Å². The van der Waals surface area contributed by atoms with Gasteiger partial charge in [0.2, 0.25) is 5.91 Å². The second-order valence-corrected chi connectivity index (χ2v) is 6.12. The molecule has 25 heavy (non-hydrogen) atoms. The summed E-state index contributed by atoms with van der Waals surface area (Å²) in [5.41, 5.74) is 0.350. The van der Waals surface area contributed by atoms with E-state index in [1.54, 1.807) is 15.9 Å². The number of nitrogens with one attached hydrogen (secondary N) is 1. The average Bonchev–Trinajstić information content (AvgIpc) is 2.60. The zero-order chi connectivity index (χ0) is 19.0. The normalized spacial score (nSPS) is 11.8. The Balaban J connectivity index is 2.80. The lowest BCUT2D eigenvalue weighted by Crippen LogP contribution is -2.46. The molecule has 3 amide bonds. The second-order valence-electron chi connectivity index (χ2n) is 5.72. The number of nitrogens with zero attached hydrogens (tertiary/aromatic N) is 2. The van der Waals surface area contributed by atoms with E-state index in [1.165, 1.54) is 12.1 Å². The fourth-order valence-electron chi connectivity index (χ4n) is 2.52. The molecule has 0 aliphatic carbocycles. The van der Waals surface area contributed by atoms with E-state index in [9.17, 15) is 14.0 Å². The first-order valence-electron chi connectivity index (χ1n) is 8.67. The summed E-state index contributed by atoms with van der Waals surface area (Å²) in [4.78, 5) is 28.4. The van der Waals surface area contributed by atoms with Crippen molar-refractivity contribution in [2.45, 2.75) is 34.1 Å². The van der Waals surface area contributed by atoms with Gasteiger partial charge in [-0.3, -0.25) is 4.79 Å². The third-order valence-electron chi connectivity index (χ3n) is 4.18. The van der Waals surface area contributed by atoms with Crippen LogP contribution in [-0.2, 0) is 4.79 Å². The number of benzene rings is 1. The van der Waals surface area contributed by atoms with Gasteiger partial charge < -0.3 is 15.1 Å². The number of rotatable bonds is 8. The Morgan fingerprint density at radius 1 is 1.12 bits per heavy atom. The van der Waals surface area contributed by atoms with E-state index in [0.29, 0.717) is 38.3 Å². The first-order chi connectivity index (χ1) is 11.9. The highest BCUT2D eigenvalue weighted by Crippen LogP contribution is 2.20. The van der Waals surface area contributed by atoms with Crippen molar-refractivity contribution < 1.29 is 14.0 Å². The molecule has 0 saturated carbocycles. The van der Waals surface area contributed by atoms with Gasteiger partial charge in [0, 0.05) is 31.9 Å². The summed E-state index contributed by atoms with van der Waals surface area (Å²) >= 11 is 5.65. The van der Waals surface area contributed by atoms with Crippen molar-refractivity contribution in [2.24, 2.45) is 5.92 Å². The molecule has 1 aromatic rings. The molecule has 0 heterocycles. The topological polar surface area (TPSA) is 52.7 Å². The van der Waals surface area contributed by atoms with E-state index in [4.69, 9.17) is 11.6 Å². The number of carbonyl (C=O) groups excluding carboxylic acids is 2. The number of halogens is 2. The third kappa shape index (κ3) is 5.88. The van der Waals surface area contributed by atoms with E-state index < -0.39 is 5.82 Å². The first-order valence-corrected chi connectivity index (χ1v) is 9.05. The molecule has 1 rings (SSSR count). The van der Waals surface area contributed by atoms with Crippen molar-refractivity contribution in [3.05, 3.63) is 29.0 Å². The van der Waals surface area contributed by atoms with Crippen LogP contribution in [0, 0.1) is 11.7 Å². The monoisotopic (exact) mass is 371 g/mol. The van der Waals surface area contributed by atoms with Gasteiger partial charge in [-0.2, -0.15) is 0 Å². The Hall–Kier alpha value is -1.82. The Kier molecular flexibility index (Phi) is 8.69. The molecule has 0 aliphatic heterocycles. The van der Waals surface area contributed by atoms with Crippen LogP contribution in [0.2, 0.25) is 5.02 Å². The van der Waals surface area contributed by atoms with Crippen LogP contribution in [0.4, 0.5) is 14.9 Å². The molecule has 1 atom stereocenters. The molecule has 7 heteroatoms. The van der Waals surface area contributed by atoms with Crippen LogP contribution in [0.5, 0.6) is 0 Å². The van der Waals surface area contributed by atoms with Crippen molar-refractivity contribution in [3.8, 4) is 0 Å². The van der Waals surface area contributed by atoms with E-state index in [2.05, 4.69) is 5.32 Å². The molecule has 1 N–H and O–H groups in total. The van der Waals surface area contributed by atoms with E-state index >= 15 is 0 Å². The maximum atomic E-state index is 13.5. The van der Waals surface area contributed by atoms with Crippen LogP contribution in [0.1, 0.15) is 34.1 Å². The molecule has 0 bridgehead atoms. The maximum absolute atomic E-state index is 13.5. The smallest absolute Gasteiger partial charge is 0.319 e. The molecule has 0 saturated heterocycles. The van der Waals surface area contributed by atoms with E-state index in [1.807, 2.05) is 27.7 Å². The van der Waals surface area contributed by atoms with Crippen LogP contribution < -0.4 is 5.32 Å². The van der Waals surface area contributed by atoms with Crippen molar-refractivity contribution in [2.75, 3.05) is 31.5 Å². The minimum absolute atomic E-state index is 0.00650. The molecule has 0 fully saturated rings. The Bertz CT molecular complexity index is 594. The Labute approximate surface area is 154 Å². The second kappa shape index (κ2) is 10.2. The molecule has 0 aromatic heterocycles. The number of hydrogen-bond donors (Lipinski definition) is 1. The van der Waals surface area contributed by atoms with Crippen molar-refractivity contribution >= 4 is 29.2 Å². The van der Waals surface area contributed by atoms with Crippen LogP contribution in [0.25, 0.3) is 0 Å². The van der Waals surface area contributed by atoms with Crippen LogP contribution in [-0.4, -0.2) is 47.9 Å². The van der Waals surface area contributed by atoms with E-state index in [-0.39, 0.29) is 22.9 Å². The van der Waals surface area contributed by atoms with E-state index in [0.717, 1.165) is 0 Å². The summed E-state index contributed by atoms with van der Waals surface area (Å²) in [6, 6.07) is 4.06. The fraction of sp³-hybridized carbons (Fsp3) is 0.556. The standard InChI is InChI=1S/C18H27ClFN3O2/c1-5-13(12-23(8-4)18(25)22(6-2)7-3)17(24)21-14-9-10-15(19)16(20)11-14/h9-11,13H,5-8,12H2,1-4H3,(H,21,24)/t13-/m0/s1. The number of hydrogen-bond acceptors (Lipinski definition) is 2.